The molecule has 0 bridgehead atoms. The molecule has 2 heteroatoms. The van der Waals surface area contributed by atoms with E-state index in [2.05, 4.69) is 35.0 Å². The van der Waals surface area contributed by atoms with E-state index < -0.39 is 0 Å². The average molecular weight is 228 g/mol. The van der Waals surface area contributed by atoms with Crippen molar-refractivity contribution in [3.8, 4) is 0 Å². The fourth-order valence-corrected chi connectivity index (χ4v) is 1.45. The molecule has 0 aliphatic rings. The third kappa shape index (κ3) is 2.61. The van der Waals surface area contributed by atoms with Crippen LogP contribution in [0.5, 0.6) is 0 Å². The lowest BCUT2D eigenvalue weighted by atomic mass is 10.0. The molecule has 0 saturated carbocycles. The molecule has 1 nitrogen and oxygen atoms in total. The third-order valence-corrected chi connectivity index (χ3v) is 2.43. The minimum atomic E-state index is 0.197. The molecular formula is C10H14BrN. The van der Waals surface area contributed by atoms with Gasteiger partial charge in [0, 0.05) is 10.5 Å². The van der Waals surface area contributed by atoms with Crippen LogP contribution in [0, 0.1) is 0 Å². The number of rotatable bonds is 3. The largest absolute Gasteiger partial charge is 0.324 e. The number of hydrogen-bond acceptors (Lipinski definition) is 1. The van der Waals surface area contributed by atoms with E-state index in [0.29, 0.717) is 0 Å². The van der Waals surface area contributed by atoms with Crippen molar-refractivity contribution >= 4 is 15.9 Å². The molecule has 0 heterocycles. The molecule has 0 aliphatic carbocycles. The van der Waals surface area contributed by atoms with E-state index in [0.717, 1.165) is 17.3 Å². The van der Waals surface area contributed by atoms with Crippen LogP contribution < -0.4 is 5.73 Å². The first-order chi connectivity index (χ1) is 5.74. The highest BCUT2D eigenvalue weighted by Crippen LogP contribution is 2.18. The van der Waals surface area contributed by atoms with Crippen LogP contribution in [0.25, 0.3) is 0 Å². The number of benzene rings is 1. The second-order valence-electron chi connectivity index (χ2n) is 2.95. The van der Waals surface area contributed by atoms with Crippen LogP contribution in [0.2, 0.25) is 0 Å². The van der Waals surface area contributed by atoms with Crippen molar-refractivity contribution < 1.29 is 0 Å². The monoisotopic (exact) mass is 227 g/mol. The van der Waals surface area contributed by atoms with Gasteiger partial charge in [-0.3, -0.25) is 0 Å². The van der Waals surface area contributed by atoms with Crippen molar-refractivity contribution in [3.63, 3.8) is 0 Å². The Bertz CT molecular complexity index is 230. The summed E-state index contributed by atoms with van der Waals surface area (Å²) in [4.78, 5) is 0. The van der Waals surface area contributed by atoms with Gasteiger partial charge in [0.15, 0.2) is 0 Å². The SMILES string of the molecule is CCCC(N)c1ccc(Br)cc1. The van der Waals surface area contributed by atoms with Gasteiger partial charge in [-0.25, -0.2) is 0 Å². The van der Waals surface area contributed by atoms with Gasteiger partial charge >= 0.3 is 0 Å². The molecule has 12 heavy (non-hydrogen) atoms. The number of nitrogens with two attached hydrogens (primary N) is 1. The van der Waals surface area contributed by atoms with Crippen LogP contribution in [0.3, 0.4) is 0 Å². The first kappa shape index (κ1) is 9.75. The molecule has 0 amide bonds. The quantitative estimate of drug-likeness (QED) is 0.844. The van der Waals surface area contributed by atoms with Crippen LogP contribution in [0.15, 0.2) is 28.7 Å². The maximum absolute atomic E-state index is 5.94. The Hall–Kier alpha value is -0.340. The summed E-state index contributed by atoms with van der Waals surface area (Å²) in [6, 6.07) is 8.41. The Morgan fingerprint density at radius 1 is 1.33 bits per heavy atom. The molecule has 2 N–H and O–H groups in total. The van der Waals surface area contributed by atoms with Crippen molar-refractivity contribution in [1.29, 1.82) is 0 Å². The first-order valence-electron chi connectivity index (χ1n) is 4.25. The Labute approximate surface area is 82.1 Å². The van der Waals surface area contributed by atoms with Crippen molar-refractivity contribution in [2.45, 2.75) is 25.8 Å². The van der Waals surface area contributed by atoms with E-state index in [1.807, 2.05) is 12.1 Å². The molecule has 0 radical (unpaired) electrons. The molecule has 0 aromatic heterocycles. The van der Waals surface area contributed by atoms with E-state index in [9.17, 15) is 0 Å². The van der Waals surface area contributed by atoms with Crippen LogP contribution in [0.4, 0.5) is 0 Å². The lowest BCUT2D eigenvalue weighted by Gasteiger charge is -2.09. The third-order valence-electron chi connectivity index (χ3n) is 1.90. The van der Waals surface area contributed by atoms with E-state index in [1.54, 1.807) is 0 Å². The van der Waals surface area contributed by atoms with Crippen molar-refractivity contribution in [2.75, 3.05) is 0 Å². The van der Waals surface area contributed by atoms with Crippen molar-refractivity contribution in [3.05, 3.63) is 34.3 Å². The van der Waals surface area contributed by atoms with Crippen LogP contribution in [-0.4, -0.2) is 0 Å². The lowest BCUT2D eigenvalue weighted by Crippen LogP contribution is -2.09. The molecule has 1 aromatic rings. The maximum atomic E-state index is 5.94. The zero-order valence-corrected chi connectivity index (χ0v) is 8.84. The molecule has 0 saturated heterocycles. The molecule has 0 aliphatic heterocycles. The molecule has 1 unspecified atom stereocenters. The normalized spacial score (nSPS) is 12.9. The highest BCUT2D eigenvalue weighted by molar-refractivity contribution is 9.10. The van der Waals surface area contributed by atoms with E-state index in [1.165, 1.54) is 5.56 Å². The maximum Gasteiger partial charge on any atom is 0.0294 e. The number of halogens is 1. The second-order valence-corrected chi connectivity index (χ2v) is 3.86. The van der Waals surface area contributed by atoms with Gasteiger partial charge in [-0.1, -0.05) is 41.4 Å². The molecule has 1 aromatic carbocycles. The smallest absolute Gasteiger partial charge is 0.0294 e. The summed E-state index contributed by atoms with van der Waals surface area (Å²) in [6.07, 6.45) is 2.19. The molecule has 1 atom stereocenters. The summed E-state index contributed by atoms with van der Waals surface area (Å²) < 4.78 is 1.11. The van der Waals surface area contributed by atoms with Crippen molar-refractivity contribution in [1.82, 2.24) is 0 Å². The molecule has 66 valence electrons. The Morgan fingerprint density at radius 3 is 2.42 bits per heavy atom. The Balaban J connectivity index is 2.68. The van der Waals surface area contributed by atoms with Gasteiger partial charge in [0.25, 0.3) is 0 Å². The Kier molecular flexibility index (Phi) is 3.76. The van der Waals surface area contributed by atoms with Gasteiger partial charge in [-0.2, -0.15) is 0 Å². The summed E-state index contributed by atoms with van der Waals surface area (Å²) in [5.41, 5.74) is 7.16. The zero-order valence-electron chi connectivity index (χ0n) is 7.26. The topological polar surface area (TPSA) is 26.0 Å². The predicted molar refractivity (Wildman–Crippen MR) is 56.0 cm³/mol. The Morgan fingerprint density at radius 2 is 1.92 bits per heavy atom. The lowest BCUT2D eigenvalue weighted by molar-refractivity contribution is 0.638. The standard InChI is InChI=1S/C10H14BrN/c1-2-3-10(12)8-4-6-9(11)7-5-8/h4-7,10H,2-3,12H2,1H3. The summed E-state index contributed by atoms with van der Waals surface area (Å²) in [5, 5.41) is 0. The fraction of sp³-hybridized carbons (Fsp3) is 0.400. The van der Waals surface area contributed by atoms with Gasteiger partial charge in [-0.05, 0) is 24.1 Å². The van der Waals surface area contributed by atoms with Gasteiger partial charge in [0.1, 0.15) is 0 Å². The van der Waals surface area contributed by atoms with Gasteiger partial charge < -0.3 is 5.73 Å². The second kappa shape index (κ2) is 4.63. The molecular weight excluding hydrogens is 214 g/mol. The fourth-order valence-electron chi connectivity index (χ4n) is 1.19. The molecule has 0 fully saturated rings. The minimum Gasteiger partial charge on any atom is -0.324 e. The van der Waals surface area contributed by atoms with E-state index >= 15 is 0 Å². The van der Waals surface area contributed by atoms with Gasteiger partial charge in [0.05, 0.1) is 0 Å². The highest BCUT2D eigenvalue weighted by Gasteiger charge is 2.02. The predicted octanol–water partition coefficient (Wildman–Crippen LogP) is 3.25. The van der Waals surface area contributed by atoms with Crippen LogP contribution in [0.1, 0.15) is 31.4 Å². The average Bonchev–Trinajstić information content (AvgIpc) is 2.06. The van der Waals surface area contributed by atoms with Crippen LogP contribution >= 0.6 is 15.9 Å². The first-order valence-corrected chi connectivity index (χ1v) is 5.04. The molecule has 0 spiro atoms. The summed E-state index contributed by atoms with van der Waals surface area (Å²) in [6.45, 7) is 2.15. The molecule has 1 rings (SSSR count). The van der Waals surface area contributed by atoms with E-state index in [4.69, 9.17) is 5.73 Å². The summed E-state index contributed by atoms with van der Waals surface area (Å²) in [5.74, 6) is 0. The van der Waals surface area contributed by atoms with Gasteiger partial charge in [-0.15, -0.1) is 0 Å². The minimum absolute atomic E-state index is 0.197. The van der Waals surface area contributed by atoms with Gasteiger partial charge in [0.2, 0.25) is 0 Å². The summed E-state index contributed by atoms with van der Waals surface area (Å²) in [7, 11) is 0. The van der Waals surface area contributed by atoms with E-state index in [-0.39, 0.29) is 6.04 Å². The number of hydrogen-bond donors (Lipinski definition) is 1. The highest BCUT2D eigenvalue weighted by atomic mass is 79.9. The summed E-state index contributed by atoms with van der Waals surface area (Å²) >= 11 is 3.39. The zero-order chi connectivity index (χ0) is 8.97. The van der Waals surface area contributed by atoms with Crippen LogP contribution in [-0.2, 0) is 0 Å². The van der Waals surface area contributed by atoms with Crippen molar-refractivity contribution in [2.24, 2.45) is 5.73 Å².